The van der Waals surface area contributed by atoms with Gasteiger partial charge in [-0.3, -0.25) is 9.59 Å². The van der Waals surface area contributed by atoms with Gasteiger partial charge in [0, 0.05) is 12.6 Å². The Morgan fingerprint density at radius 3 is 2.20 bits per heavy atom. The molecule has 2 aliphatic rings. The summed E-state index contributed by atoms with van der Waals surface area (Å²) < 4.78 is 0. The molecule has 0 atom stereocenters. The smallest absolute Gasteiger partial charge is 0.290 e. The van der Waals surface area contributed by atoms with Crippen LogP contribution in [0.3, 0.4) is 0 Å². The fourth-order valence-corrected chi connectivity index (χ4v) is 2.68. The third-order valence-electron chi connectivity index (χ3n) is 3.65. The average Bonchev–Trinajstić information content (AvgIpc) is 2.44. The highest BCUT2D eigenvalue weighted by atomic mass is 16.2. The van der Waals surface area contributed by atoms with E-state index in [1.54, 1.807) is 0 Å². The minimum atomic E-state index is -0.464. The number of Topliss-reactive ketones (excluding diaryl/α,β-unsaturated/α-hetero) is 1. The summed E-state index contributed by atoms with van der Waals surface area (Å²) in [6.07, 6.45) is 5.83. The Labute approximate surface area is 90.8 Å². The van der Waals surface area contributed by atoms with Gasteiger partial charge in [0.2, 0.25) is 5.78 Å². The van der Waals surface area contributed by atoms with Crippen molar-refractivity contribution in [2.24, 2.45) is 5.41 Å². The van der Waals surface area contributed by atoms with Gasteiger partial charge in [-0.15, -0.1) is 0 Å². The van der Waals surface area contributed by atoms with Crippen molar-refractivity contribution in [1.29, 1.82) is 0 Å². The van der Waals surface area contributed by atoms with Crippen LogP contribution in [0.4, 0.5) is 0 Å². The highest BCUT2D eigenvalue weighted by Crippen LogP contribution is 2.32. The van der Waals surface area contributed by atoms with Crippen LogP contribution in [-0.2, 0) is 9.59 Å². The summed E-state index contributed by atoms with van der Waals surface area (Å²) in [7, 11) is 0. The van der Waals surface area contributed by atoms with Crippen LogP contribution >= 0.6 is 0 Å². The molecular formula is C12H19NO2. The zero-order valence-electron chi connectivity index (χ0n) is 9.58. The van der Waals surface area contributed by atoms with E-state index in [1.165, 1.54) is 19.3 Å². The van der Waals surface area contributed by atoms with Crippen molar-refractivity contribution in [3.8, 4) is 0 Å². The van der Waals surface area contributed by atoms with Crippen LogP contribution in [0, 0.1) is 5.41 Å². The van der Waals surface area contributed by atoms with E-state index in [1.807, 2.05) is 18.7 Å². The Kier molecular flexibility index (Phi) is 2.57. The zero-order valence-corrected chi connectivity index (χ0v) is 9.58. The molecule has 3 nitrogen and oxygen atoms in total. The second-order valence-electron chi connectivity index (χ2n) is 5.44. The van der Waals surface area contributed by atoms with E-state index in [2.05, 4.69) is 0 Å². The van der Waals surface area contributed by atoms with E-state index in [0.29, 0.717) is 12.6 Å². The van der Waals surface area contributed by atoms with Crippen molar-refractivity contribution in [1.82, 2.24) is 4.90 Å². The van der Waals surface area contributed by atoms with Gasteiger partial charge in [0.15, 0.2) is 0 Å². The minimum absolute atomic E-state index is 0.201. The summed E-state index contributed by atoms with van der Waals surface area (Å²) in [5, 5.41) is 0. The largest absolute Gasteiger partial charge is 0.332 e. The Morgan fingerprint density at radius 1 is 1.13 bits per heavy atom. The third kappa shape index (κ3) is 1.80. The van der Waals surface area contributed by atoms with Crippen LogP contribution in [-0.4, -0.2) is 29.2 Å². The summed E-state index contributed by atoms with van der Waals surface area (Å²) >= 11 is 0. The van der Waals surface area contributed by atoms with Gasteiger partial charge in [0.25, 0.3) is 5.91 Å². The lowest BCUT2D eigenvalue weighted by Crippen LogP contribution is -2.39. The van der Waals surface area contributed by atoms with E-state index >= 15 is 0 Å². The highest BCUT2D eigenvalue weighted by molar-refractivity contribution is 6.40. The maximum atomic E-state index is 11.8. The highest BCUT2D eigenvalue weighted by Gasteiger charge is 2.47. The normalized spacial score (nSPS) is 27.5. The second kappa shape index (κ2) is 3.62. The molecule has 1 aliphatic carbocycles. The zero-order chi connectivity index (χ0) is 11.1. The Morgan fingerprint density at radius 2 is 1.73 bits per heavy atom. The molecule has 0 aromatic rings. The molecule has 1 amide bonds. The number of hydrogen-bond acceptors (Lipinski definition) is 2. The van der Waals surface area contributed by atoms with E-state index in [4.69, 9.17) is 0 Å². The number of hydrogen-bond donors (Lipinski definition) is 0. The van der Waals surface area contributed by atoms with Crippen molar-refractivity contribution in [2.75, 3.05) is 6.54 Å². The number of likely N-dealkylation sites (tertiary alicyclic amines) is 1. The summed E-state index contributed by atoms with van der Waals surface area (Å²) in [5.41, 5.74) is -0.464. The molecule has 2 rings (SSSR count). The third-order valence-corrected chi connectivity index (χ3v) is 3.65. The van der Waals surface area contributed by atoms with Crippen molar-refractivity contribution in [3.05, 3.63) is 0 Å². The quantitative estimate of drug-likeness (QED) is 0.617. The molecule has 0 N–H and O–H groups in total. The van der Waals surface area contributed by atoms with Crippen molar-refractivity contribution in [3.63, 3.8) is 0 Å². The first-order chi connectivity index (χ1) is 7.02. The van der Waals surface area contributed by atoms with Gasteiger partial charge in [0.1, 0.15) is 0 Å². The van der Waals surface area contributed by atoms with Gasteiger partial charge in [0.05, 0.1) is 5.41 Å². The number of carbonyl (C=O) groups is 2. The molecule has 0 radical (unpaired) electrons. The molecular weight excluding hydrogens is 190 g/mol. The van der Waals surface area contributed by atoms with Crippen molar-refractivity contribution in [2.45, 2.75) is 52.0 Å². The van der Waals surface area contributed by atoms with Crippen molar-refractivity contribution < 1.29 is 9.59 Å². The van der Waals surface area contributed by atoms with Gasteiger partial charge in [-0.25, -0.2) is 0 Å². The van der Waals surface area contributed by atoms with Crippen LogP contribution in [0.5, 0.6) is 0 Å². The van der Waals surface area contributed by atoms with Gasteiger partial charge >= 0.3 is 0 Å². The lowest BCUT2D eigenvalue weighted by molar-refractivity contribution is -0.143. The Bertz CT molecular complexity index is 290. The first-order valence-corrected chi connectivity index (χ1v) is 5.88. The van der Waals surface area contributed by atoms with E-state index in [0.717, 1.165) is 12.8 Å². The second-order valence-corrected chi connectivity index (χ2v) is 5.44. The molecule has 1 heterocycles. The predicted octanol–water partition coefficient (Wildman–Crippen LogP) is 1.76. The maximum Gasteiger partial charge on any atom is 0.290 e. The molecule has 0 bridgehead atoms. The van der Waals surface area contributed by atoms with Crippen molar-refractivity contribution >= 4 is 11.7 Å². The fraction of sp³-hybridized carbons (Fsp3) is 0.833. The summed E-state index contributed by atoms with van der Waals surface area (Å²) in [5.74, 6) is -0.444. The fourth-order valence-electron chi connectivity index (χ4n) is 2.68. The van der Waals surface area contributed by atoms with E-state index < -0.39 is 5.41 Å². The lowest BCUT2D eigenvalue weighted by Gasteiger charge is -2.31. The Hall–Kier alpha value is -0.860. The van der Waals surface area contributed by atoms with Crippen LogP contribution in [0.25, 0.3) is 0 Å². The number of rotatable bonds is 1. The molecule has 15 heavy (non-hydrogen) atoms. The van der Waals surface area contributed by atoms with Crippen LogP contribution < -0.4 is 0 Å². The summed E-state index contributed by atoms with van der Waals surface area (Å²) in [4.78, 5) is 25.3. The summed E-state index contributed by atoms with van der Waals surface area (Å²) in [6.45, 7) is 4.36. The van der Waals surface area contributed by atoms with E-state index in [9.17, 15) is 9.59 Å². The van der Waals surface area contributed by atoms with E-state index in [-0.39, 0.29) is 11.7 Å². The molecule has 84 valence electrons. The van der Waals surface area contributed by atoms with Crippen LogP contribution in [0.1, 0.15) is 46.0 Å². The molecule has 0 unspecified atom stereocenters. The Balaban J connectivity index is 2.11. The average molecular weight is 209 g/mol. The van der Waals surface area contributed by atoms with Crippen LogP contribution in [0.15, 0.2) is 0 Å². The standard InChI is InChI=1S/C12H19NO2/c1-12(2)8-13(11(15)10(12)14)9-6-4-3-5-7-9/h9H,3-8H2,1-2H3. The first kappa shape index (κ1) is 10.7. The lowest BCUT2D eigenvalue weighted by atomic mass is 9.91. The topological polar surface area (TPSA) is 37.4 Å². The SMILES string of the molecule is CC1(C)CN(C2CCCCC2)C(=O)C1=O. The molecule has 3 heteroatoms. The summed E-state index contributed by atoms with van der Waals surface area (Å²) in [6, 6.07) is 0.331. The number of amides is 1. The first-order valence-electron chi connectivity index (χ1n) is 5.88. The molecule has 0 aromatic carbocycles. The molecule has 0 spiro atoms. The number of carbonyl (C=O) groups excluding carboxylic acids is 2. The molecule has 1 saturated carbocycles. The molecule has 1 saturated heterocycles. The molecule has 0 aromatic heterocycles. The van der Waals surface area contributed by atoms with Gasteiger partial charge in [-0.2, -0.15) is 0 Å². The minimum Gasteiger partial charge on any atom is -0.332 e. The van der Waals surface area contributed by atoms with Crippen LogP contribution in [0.2, 0.25) is 0 Å². The van der Waals surface area contributed by atoms with Gasteiger partial charge < -0.3 is 4.90 Å². The molecule has 2 fully saturated rings. The monoisotopic (exact) mass is 209 g/mol. The predicted molar refractivity (Wildman–Crippen MR) is 57.4 cm³/mol. The molecule has 1 aliphatic heterocycles. The van der Waals surface area contributed by atoms with Gasteiger partial charge in [-0.05, 0) is 12.8 Å². The number of nitrogens with zero attached hydrogens (tertiary/aromatic N) is 1. The maximum absolute atomic E-state index is 11.8. The number of ketones is 1. The van der Waals surface area contributed by atoms with Gasteiger partial charge in [-0.1, -0.05) is 33.1 Å².